The maximum atomic E-state index is 5.28. The molecular formula is C11H13N3S2. The summed E-state index contributed by atoms with van der Waals surface area (Å²) in [6.07, 6.45) is 5.51. The molecule has 0 aliphatic rings. The molecule has 1 N–H and O–H groups in total. The number of hydrogen-bond acceptors (Lipinski definition) is 3. The minimum Gasteiger partial charge on any atom is -0.329 e. The molecule has 0 bridgehead atoms. The summed E-state index contributed by atoms with van der Waals surface area (Å²) in [6, 6.07) is 1.99. The minimum atomic E-state index is 0.766. The van der Waals surface area contributed by atoms with Crippen LogP contribution in [0.25, 0.3) is 11.0 Å². The second kappa shape index (κ2) is 5.32. The van der Waals surface area contributed by atoms with Gasteiger partial charge in [-0.3, -0.25) is 4.98 Å². The number of imidazole rings is 1. The number of aryl methyl sites for hydroxylation is 1. The number of nitrogens with one attached hydrogen (secondary N) is 1. The Morgan fingerprint density at radius 2 is 2.50 bits per heavy atom. The first kappa shape index (κ1) is 11.4. The number of pyridine rings is 1. The predicted molar refractivity (Wildman–Crippen MR) is 72.4 cm³/mol. The van der Waals surface area contributed by atoms with E-state index >= 15 is 0 Å². The van der Waals surface area contributed by atoms with Gasteiger partial charge in [0, 0.05) is 24.2 Å². The van der Waals surface area contributed by atoms with Crippen molar-refractivity contribution in [3.05, 3.63) is 35.9 Å². The Kier molecular flexibility index (Phi) is 3.79. The van der Waals surface area contributed by atoms with E-state index in [0.29, 0.717) is 0 Å². The second-order valence-corrected chi connectivity index (χ2v) is 4.87. The van der Waals surface area contributed by atoms with Gasteiger partial charge in [-0.1, -0.05) is 6.08 Å². The van der Waals surface area contributed by atoms with Gasteiger partial charge in [0.2, 0.25) is 0 Å². The lowest BCUT2D eigenvalue weighted by Gasteiger charge is -2.02. The average molecular weight is 251 g/mol. The van der Waals surface area contributed by atoms with E-state index in [2.05, 4.69) is 21.1 Å². The van der Waals surface area contributed by atoms with Crippen LogP contribution in [0.5, 0.6) is 0 Å². The summed E-state index contributed by atoms with van der Waals surface area (Å²) in [5.74, 6) is 2.02. The van der Waals surface area contributed by atoms with Crippen LogP contribution in [-0.2, 0) is 6.54 Å². The van der Waals surface area contributed by atoms with Crippen LogP contribution >= 0.6 is 24.0 Å². The maximum Gasteiger partial charge on any atom is 0.178 e. The van der Waals surface area contributed by atoms with Crippen molar-refractivity contribution >= 4 is 35.0 Å². The molecule has 5 heteroatoms. The van der Waals surface area contributed by atoms with Crippen molar-refractivity contribution in [2.24, 2.45) is 0 Å². The first-order chi connectivity index (χ1) is 7.83. The van der Waals surface area contributed by atoms with E-state index in [0.717, 1.165) is 33.9 Å². The third-order valence-electron chi connectivity index (χ3n) is 2.27. The van der Waals surface area contributed by atoms with Crippen LogP contribution in [0.15, 0.2) is 31.1 Å². The molecule has 0 spiro atoms. The number of aromatic nitrogens is 3. The van der Waals surface area contributed by atoms with Crippen molar-refractivity contribution in [3.63, 3.8) is 0 Å². The molecule has 2 aromatic rings. The highest BCUT2D eigenvalue weighted by Crippen LogP contribution is 2.13. The molecule has 3 nitrogen and oxygen atoms in total. The highest BCUT2D eigenvalue weighted by molar-refractivity contribution is 7.99. The normalized spacial score (nSPS) is 10.8. The number of hydrogen-bond donors (Lipinski definition) is 1. The number of fused-ring (bicyclic) bond motifs is 1. The first-order valence-electron chi connectivity index (χ1n) is 5.04. The monoisotopic (exact) mass is 251 g/mol. The van der Waals surface area contributed by atoms with E-state index in [9.17, 15) is 0 Å². The second-order valence-electron chi connectivity index (χ2n) is 3.34. The Hall–Kier alpha value is -1.07. The van der Waals surface area contributed by atoms with Crippen LogP contribution in [-0.4, -0.2) is 26.0 Å². The maximum absolute atomic E-state index is 5.28. The van der Waals surface area contributed by atoms with Crippen molar-refractivity contribution < 1.29 is 0 Å². The summed E-state index contributed by atoms with van der Waals surface area (Å²) in [5.41, 5.74) is 2.13. The number of rotatable bonds is 5. The van der Waals surface area contributed by atoms with Gasteiger partial charge in [0.15, 0.2) is 4.77 Å². The third kappa shape index (κ3) is 2.36. The highest BCUT2D eigenvalue weighted by Gasteiger charge is 2.02. The zero-order valence-electron chi connectivity index (χ0n) is 8.85. The fourth-order valence-corrected chi connectivity index (χ4v) is 2.50. The topological polar surface area (TPSA) is 33.6 Å². The molecule has 0 saturated heterocycles. The van der Waals surface area contributed by atoms with Gasteiger partial charge in [-0.25, -0.2) is 0 Å². The third-order valence-corrected chi connectivity index (χ3v) is 3.54. The van der Waals surface area contributed by atoms with Crippen LogP contribution in [0.4, 0.5) is 0 Å². The molecule has 0 radical (unpaired) electrons. The molecule has 2 rings (SSSR count). The largest absolute Gasteiger partial charge is 0.329 e. The number of thioether (sulfide) groups is 1. The lowest BCUT2D eigenvalue weighted by atomic mass is 10.4. The van der Waals surface area contributed by atoms with E-state index in [1.807, 2.05) is 23.9 Å². The van der Waals surface area contributed by atoms with Crippen LogP contribution in [0, 0.1) is 4.77 Å². The van der Waals surface area contributed by atoms with Crippen LogP contribution in [0.3, 0.4) is 0 Å². The highest BCUT2D eigenvalue weighted by atomic mass is 32.2. The Morgan fingerprint density at radius 3 is 3.31 bits per heavy atom. The molecule has 0 amide bonds. The summed E-state index contributed by atoms with van der Waals surface area (Å²) in [4.78, 5) is 7.22. The molecule has 0 aromatic carbocycles. The quantitative estimate of drug-likeness (QED) is 0.504. The van der Waals surface area contributed by atoms with Gasteiger partial charge in [0.1, 0.15) is 0 Å². The molecular weight excluding hydrogens is 238 g/mol. The van der Waals surface area contributed by atoms with Crippen molar-refractivity contribution in [2.45, 2.75) is 6.54 Å². The number of H-pyrrole nitrogens is 1. The molecule has 0 saturated carbocycles. The molecule has 0 aliphatic heterocycles. The van der Waals surface area contributed by atoms with Gasteiger partial charge < -0.3 is 9.55 Å². The van der Waals surface area contributed by atoms with Crippen LogP contribution in [0.1, 0.15) is 0 Å². The Balaban J connectivity index is 2.19. The number of aromatic amines is 1. The van der Waals surface area contributed by atoms with E-state index in [-0.39, 0.29) is 0 Å². The van der Waals surface area contributed by atoms with Gasteiger partial charge in [-0.15, -0.1) is 6.58 Å². The van der Waals surface area contributed by atoms with Crippen molar-refractivity contribution in [3.8, 4) is 0 Å². The zero-order valence-corrected chi connectivity index (χ0v) is 10.5. The van der Waals surface area contributed by atoms with Gasteiger partial charge in [-0.2, -0.15) is 11.8 Å². The van der Waals surface area contributed by atoms with E-state index < -0.39 is 0 Å². The summed E-state index contributed by atoms with van der Waals surface area (Å²) in [7, 11) is 0. The van der Waals surface area contributed by atoms with E-state index in [1.165, 1.54) is 0 Å². The Bertz CT molecular complexity index is 541. The van der Waals surface area contributed by atoms with Gasteiger partial charge in [0.25, 0.3) is 0 Å². The lowest BCUT2D eigenvalue weighted by Crippen LogP contribution is -2.00. The van der Waals surface area contributed by atoms with Gasteiger partial charge in [-0.05, 0) is 18.3 Å². The van der Waals surface area contributed by atoms with Crippen LogP contribution in [0.2, 0.25) is 0 Å². The molecule has 2 heterocycles. The average Bonchev–Trinajstić information content (AvgIpc) is 2.61. The molecule has 2 aromatic heterocycles. The number of nitrogens with zero attached hydrogens (tertiary/aromatic N) is 2. The minimum absolute atomic E-state index is 0.766. The van der Waals surface area contributed by atoms with Crippen molar-refractivity contribution in [1.82, 2.24) is 14.5 Å². The van der Waals surface area contributed by atoms with E-state index in [1.54, 1.807) is 12.4 Å². The Morgan fingerprint density at radius 1 is 1.62 bits per heavy atom. The Labute approximate surface area is 104 Å². The summed E-state index contributed by atoms with van der Waals surface area (Å²) in [6.45, 7) is 4.62. The lowest BCUT2D eigenvalue weighted by molar-refractivity contribution is 0.783. The molecule has 16 heavy (non-hydrogen) atoms. The predicted octanol–water partition coefficient (Wildman–Crippen LogP) is 3.01. The SMILES string of the molecule is C=CCSCCn1c(=S)[nH]c2cnccc21. The smallest absolute Gasteiger partial charge is 0.178 e. The molecule has 84 valence electrons. The zero-order chi connectivity index (χ0) is 11.4. The van der Waals surface area contributed by atoms with Crippen molar-refractivity contribution in [1.29, 1.82) is 0 Å². The molecule has 0 atom stereocenters. The standard InChI is InChI=1S/C11H13N3S2/c1-2-6-16-7-5-14-10-3-4-12-8-9(10)13-11(14)15/h2-4,8H,1,5-7H2,(H,13,15). The van der Waals surface area contributed by atoms with E-state index in [4.69, 9.17) is 12.2 Å². The molecule has 0 fully saturated rings. The van der Waals surface area contributed by atoms with Gasteiger partial charge >= 0.3 is 0 Å². The fraction of sp³-hybridized carbons (Fsp3) is 0.273. The first-order valence-corrected chi connectivity index (χ1v) is 6.60. The molecule has 0 aliphatic carbocycles. The van der Waals surface area contributed by atoms with Gasteiger partial charge in [0.05, 0.1) is 17.2 Å². The summed E-state index contributed by atoms with van der Waals surface area (Å²) >= 11 is 7.14. The fourth-order valence-electron chi connectivity index (χ4n) is 1.56. The van der Waals surface area contributed by atoms with Crippen molar-refractivity contribution in [2.75, 3.05) is 11.5 Å². The summed E-state index contributed by atoms with van der Waals surface area (Å²) in [5, 5.41) is 0. The molecule has 0 unspecified atom stereocenters. The summed E-state index contributed by atoms with van der Waals surface area (Å²) < 4.78 is 2.88. The van der Waals surface area contributed by atoms with Crippen LogP contribution < -0.4 is 0 Å².